The third-order valence-electron chi connectivity index (χ3n) is 4.34. The lowest BCUT2D eigenvalue weighted by atomic mass is 9.97. The fourth-order valence-electron chi connectivity index (χ4n) is 2.75. The summed E-state index contributed by atoms with van der Waals surface area (Å²) in [6, 6.07) is 7.48. The van der Waals surface area contributed by atoms with E-state index in [1.165, 1.54) is 5.56 Å². The van der Waals surface area contributed by atoms with E-state index in [0.717, 1.165) is 38.2 Å². The van der Waals surface area contributed by atoms with Gasteiger partial charge in [-0.1, -0.05) is 19.1 Å². The quantitative estimate of drug-likeness (QED) is 0.710. The van der Waals surface area contributed by atoms with Crippen molar-refractivity contribution in [3.63, 3.8) is 0 Å². The van der Waals surface area contributed by atoms with E-state index in [9.17, 15) is 9.90 Å². The smallest absolute Gasteiger partial charge is 0.241 e. The minimum Gasteiger partial charge on any atom is -0.396 e. The Morgan fingerprint density at radius 1 is 1.38 bits per heavy atom. The summed E-state index contributed by atoms with van der Waals surface area (Å²) in [5, 5.41) is 12.1. The van der Waals surface area contributed by atoms with E-state index in [1.807, 2.05) is 25.1 Å². The number of carbonyl (C=O) groups is 1. The zero-order valence-corrected chi connectivity index (χ0v) is 15.7. The summed E-state index contributed by atoms with van der Waals surface area (Å²) in [6.45, 7) is 5.11. The molecule has 1 amide bonds. The minimum atomic E-state index is -0.457. The Hall–Kier alpha value is -0.850. The summed E-state index contributed by atoms with van der Waals surface area (Å²) in [7, 11) is 0. The second-order valence-corrected chi connectivity index (χ2v) is 6.11. The molecule has 2 rings (SSSR count). The van der Waals surface area contributed by atoms with Crippen LogP contribution >= 0.6 is 24.8 Å². The molecular formula is C17H29Cl2N3O2. The van der Waals surface area contributed by atoms with Gasteiger partial charge in [0.1, 0.15) is 0 Å². The first-order chi connectivity index (χ1) is 10.6. The molecule has 5 nitrogen and oxygen atoms in total. The topological polar surface area (TPSA) is 78.6 Å². The molecule has 0 bridgehead atoms. The van der Waals surface area contributed by atoms with Crippen molar-refractivity contribution >= 4 is 36.4 Å². The predicted molar refractivity (Wildman–Crippen MR) is 103 cm³/mol. The van der Waals surface area contributed by atoms with E-state index in [0.29, 0.717) is 18.9 Å². The van der Waals surface area contributed by atoms with E-state index in [2.05, 4.69) is 16.3 Å². The molecule has 0 saturated carbocycles. The van der Waals surface area contributed by atoms with E-state index in [1.54, 1.807) is 0 Å². The van der Waals surface area contributed by atoms with Crippen LogP contribution in [0.4, 0.5) is 5.69 Å². The van der Waals surface area contributed by atoms with Crippen molar-refractivity contribution in [2.45, 2.75) is 38.8 Å². The second kappa shape index (κ2) is 11.7. The number of likely N-dealkylation sites (tertiary alicyclic amines) is 1. The third kappa shape index (κ3) is 6.95. The molecule has 1 saturated heterocycles. The number of halogens is 2. The van der Waals surface area contributed by atoms with Gasteiger partial charge < -0.3 is 16.2 Å². The molecule has 0 spiro atoms. The molecule has 7 heteroatoms. The van der Waals surface area contributed by atoms with Crippen LogP contribution in [0.5, 0.6) is 0 Å². The van der Waals surface area contributed by atoms with E-state index in [4.69, 9.17) is 5.73 Å². The lowest BCUT2D eigenvalue weighted by Gasteiger charge is -2.31. The highest BCUT2D eigenvalue weighted by atomic mass is 35.5. The number of aliphatic hydroxyl groups is 1. The van der Waals surface area contributed by atoms with Crippen LogP contribution in [0.1, 0.15) is 31.7 Å². The number of rotatable bonds is 6. The van der Waals surface area contributed by atoms with Crippen LogP contribution in [0.3, 0.4) is 0 Å². The van der Waals surface area contributed by atoms with E-state index < -0.39 is 6.04 Å². The number of hydrogen-bond donors (Lipinski definition) is 3. The van der Waals surface area contributed by atoms with Crippen molar-refractivity contribution in [2.75, 3.05) is 25.0 Å². The summed E-state index contributed by atoms with van der Waals surface area (Å²) in [4.78, 5) is 14.2. The highest BCUT2D eigenvalue weighted by molar-refractivity contribution is 5.94. The molecule has 0 aromatic heterocycles. The normalized spacial score (nSPS) is 16.6. The number of carbonyl (C=O) groups excluding carboxylic acids is 1. The molecule has 4 N–H and O–H groups in total. The molecule has 1 aliphatic rings. The van der Waals surface area contributed by atoms with Gasteiger partial charge in [-0.05, 0) is 56.0 Å². The molecule has 1 aromatic carbocycles. The molecule has 1 heterocycles. The number of hydrogen-bond acceptors (Lipinski definition) is 4. The van der Waals surface area contributed by atoms with Crippen molar-refractivity contribution in [1.29, 1.82) is 0 Å². The summed E-state index contributed by atoms with van der Waals surface area (Å²) < 4.78 is 0. The van der Waals surface area contributed by atoms with Crippen molar-refractivity contribution in [3.05, 3.63) is 29.8 Å². The number of aliphatic hydroxyl groups excluding tert-OH is 1. The zero-order valence-electron chi connectivity index (χ0n) is 14.1. The van der Waals surface area contributed by atoms with Gasteiger partial charge in [-0.3, -0.25) is 9.69 Å². The van der Waals surface area contributed by atoms with Crippen molar-refractivity contribution in [3.8, 4) is 0 Å². The molecular weight excluding hydrogens is 349 g/mol. The number of piperidine rings is 1. The Morgan fingerprint density at radius 3 is 2.62 bits per heavy atom. The SMILES string of the molecule is CC[C@H](N)C(=O)Nc1cccc(CN2CCC(CO)CC2)c1.Cl.Cl. The Morgan fingerprint density at radius 2 is 2.04 bits per heavy atom. The molecule has 1 fully saturated rings. The molecule has 0 radical (unpaired) electrons. The van der Waals surface area contributed by atoms with Crippen LogP contribution in [0.25, 0.3) is 0 Å². The van der Waals surface area contributed by atoms with E-state index >= 15 is 0 Å². The molecule has 1 atom stereocenters. The van der Waals surface area contributed by atoms with Gasteiger partial charge in [0, 0.05) is 18.8 Å². The van der Waals surface area contributed by atoms with Gasteiger partial charge in [0.15, 0.2) is 0 Å². The maximum Gasteiger partial charge on any atom is 0.241 e. The highest BCUT2D eigenvalue weighted by Gasteiger charge is 2.18. The first-order valence-corrected chi connectivity index (χ1v) is 8.11. The van der Waals surface area contributed by atoms with Gasteiger partial charge in [0.2, 0.25) is 5.91 Å². The number of nitrogens with two attached hydrogens (primary N) is 1. The minimum absolute atomic E-state index is 0. The monoisotopic (exact) mass is 377 g/mol. The van der Waals surface area contributed by atoms with Crippen molar-refractivity contribution < 1.29 is 9.90 Å². The van der Waals surface area contributed by atoms with Gasteiger partial charge in [-0.2, -0.15) is 0 Å². The average Bonchev–Trinajstić information content (AvgIpc) is 2.55. The van der Waals surface area contributed by atoms with Crippen molar-refractivity contribution in [2.24, 2.45) is 11.7 Å². The fourth-order valence-corrected chi connectivity index (χ4v) is 2.75. The van der Waals surface area contributed by atoms with Gasteiger partial charge in [0.05, 0.1) is 6.04 Å². The zero-order chi connectivity index (χ0) is 15.9. The lowest BCUT2D eigenvalue weighted by Crippen LogP contribution is -2.35. The van der Waals surface area contributed by atoms with Crippen LogP contribution in [-0.2, 0) is 11.3 Å². The molecule has 138 valence electrons. The fraction of sp³-hybridized carbons (Fsp3) is 0.588. The maximum absolute atomic E-state index is 11.8. The van der Waals surface area contributed by atoms with Crippen LogP contribution in [-0.4, -0.2) is 41.7 Å². The van der Waals surface area contributed by atoms with Gasteiger partial charge >= 0.3 is 0 Å². The number of nitrogens with one attached hydrogen (secondary N) is 1. The number of nitrogens with zero attached hydrogens (tertiary/aromatic N) is 1. The van der Waals surface area contributed by atoms with Gasteiger partial charge in [-0.15, -0.1) is 24.8 Å². The summed E-state index contributed by atoms with van der Waals surface area (Å²) >= 11 is 0. The maximum atomic E-state index is 11.8. The van der Waals surface area contributed by atoms with Crippen LogP contribution < -0.4 is 11.1 Å². The van der Waals surface area contributed by atoms with Gasteiger partial charge in [0.25, 0.3) is 0 Å². The standard InChI is InChI=1S/C17H27N3O2.2ClH/c1-2-16(18)17(22)19-15-5-3-4-14(10-15)11-20-8-6-13(12-21)7-9-20;;/h3-5,10,13,16,21H,2,6-9,11-12,18H2,1H3,(H,19,22);2*1H/t16-;;/m0../s1. The average molecular weight is 378 g/mol. The van der Waals surface area contributed by atoms with Crippen LogP contribution in [0.15, 0.2) is 24.3 Å². The first-order valence-electron chi connectivity index (χ1n) is 8.11. The third-order valence-corrected chi connectivity index (χ3v) is 4.34. The second-order valence-electron chi connectivity index (χ2n) is 6.11. The lowest BCUT2D eigenvalue weighted by molar-refractivity contribution is -0.117. The van der Waals surface area contributed by atoms with Crippen LogP contribution in [0, 0.1) is 5.92 Å². The van der Waals surface area contributed by atoms with Crippen LogP contribution in [0.2, 0.25) is 0 Å². The Kier molecular flexibility index (Phi) is 11.2. The Balaban J connectivity index is 0.00000264. The number of benzene rings is 1. The number of anilines is 1. The molecule has 0 aliphatic carbocycles. The number of amides is 1. The van der Waals surface area contributed by atoms with E-state index in [-0.39, 0.29) is 30.7 Å². The van der Waals surface area contributed by atoms with Crippen molar-refractivity contribution in [1.82, 2.24) is 4.90 Å². The largest absolute Gasteiger partial charge is 0.396 e. The molecule has 0 unspecified atom stereocenters. The first kappa shape index (κ1) is 23.1. The Bertz CT molecular complexity index is 494. The molecule has 1 aliphatic heterocycles. The Labute approximate surface area is 156 Å². The summed E-state index contributed by atoms with van der Waals surface area (Å²) in [6.07, 6.45) is 2.74. The summed E-state index contributed by atoms with van der Waals surface area (Å²) in [5.41, 5.74) is 7.73. The molecule has 1 aromatic rings. The summed E-state index contributed by atoms with van der Waals surface area (Å²) in [5.74, 6) is 0.320. The predicted octanol–water partition coefficient (Wildman–Crippen LogP) is 2.41. The molecule has 24 heavy (non-hydrogen) atoms. The van der Waals surface area contributed by atoms with Gasteiger partial charge in [-0.25, -0.2) is 0 Å². The highest BCUT2D eigenvalue weighted by Crippen LogP contribution is 2.19.